The molecule has 0 fully saturated rings. The quantitative estimate of drug-likeness (QED) is 0.830. The Balaban J connectivity index is 1.59. The smallest absolute Gasteiger partial charge is 0.287 e. The molecule has 0 aliphatic carbocycles. The number of amides is 1. The first-order chi connectivity index (χ1) is 12.1. The lowest BCUT2D eigenvalue weighted by Gasteiger charge is -2.19. The van der Waals surface area contributed by atoms with Crippen LogP contribution in [0.3, 0.4) is 0 Å². The first-order valence-electron chi connectivity index (χ1n) is 8.31. The second kappa shape index (κ2) is 6.77. The number of rotatable bonds is 5. The fourth-order valence-electron chi connectivity index (χ4n) is 2.70. The molecule has 2 aromatic rings. The van der Waals surface area contributed by atoms with E-state index < -0.39 is 21.5 Å². The molecule has 1 unspecified atom stereocenters. The number of ether oxygens (including phenoxy) is 1. The van der Waals surface area contributed by atoms with Crippen LogP contribution in [0, 0.1) is 0 Å². The van der Waals surface area contributed by atoms with Gasteiger partial charge in [-0.1, -0.05) is 18.2 Å². The van der Waals surface area contributed by atoms with Gasteiger partial charge in [-0.3, -0.25) is 4.79 Å². The summed E-state index contributed by atoms with van der Waals surface area (Å²) >= 11 is 0. The third-order valence-corrected chi connectivity index (χ3v) is 5.34. The highest BCUT2D eigenvalue weighted by atomic mass is 32.2. The molecule has 7 nitrogen and oxygen atoms in total. The molecule has 2 N–H and O–H groups in total. The summed E-state index contributed by atoms with van der Waals surface area (Å²) in [6.45, 7) is 5.47. The number of hydrogen-bond acceptors (Lipinski definition) is 5. The van der Waals surface area contributed by atoms with Gasteiger partial charge in [-0.15, -0.1) is 0 Å². The van der Waals surface area contributed by atoms with Gasteiger partial charge in [0, 0.05) is 12.0 Å². The van der Waals surface area contributed by atoms with Crippen molar-refractivity contribution in [2.24, 2.45) is 0 Å². The van der Waals surface area contributed by atoms with E-state index in [0.717, 1.165) is 11.3 Å². The molecule has 0 spiro atoms. The summed E-state index contributed by atoms with van der Waals surface area (Å²) in [5.41, 5.74) is 0.453. The molecule has 0 saturated carbocycles. The molecular weight excluding hydrogens is 356 g/mol. The monoisotopic (exact) mass is 378 g/mol. The van der Waals surface area contributed by atoms with Crippen molar-refractivity contribution >= 4 is 15.9 Å². The highest BCUT2D eigenvalue weighted by Crippen LogP contribution is 2.27. The number of furan rings is 1. The third kappa shape index (κ3) is 4.25. The minimum atomic E-state index is -3.82. The van der Waals surface area contributed by atoms with Crippen molar-refractivity contribution in [1.29, 1.82) is 0 Å². The number of hydrogen-bond donors (Lipinski definition) is 2. The zero-order chi connectivity index (χ0) is 18.9. The zero-order valence-corrected chi connectivity index (χ0v) is 15.7. The van der Waals surface area contributed by atoms with Gasteiger partial charge in [0.2, 0.25) is 5.09 Å². The van der Waals surface area contributed by atoms with Crippen molar-refractivity contribution in [3.63, 3.8) is 0 Å². The van der Waals surface area contributed by atoms with Crippen LogP contribution in [0.5, 0.6) is 5.75 Å². The minimum Gasteiger partial charge on any atom is -0.488 e. The van der Waals surface area contributed by atoms with E-state index >= 15 is 0 Å². The van der Waals surface area contributed by atoms with Crippen molar-refractivity contribution in [2.75, 3.05) is 6.54 Å². The predicted octanol–water partition coefficient (Wildman–Crippen LogP) is 2.09. The van der Waals surface area contributed by atoms with Gasteiger partial charge in [0.05, 0.1) is 6.54 Å². The number of fused-ring (bicyclic) bond motifs is 1. The van der Waals surface area contributed by atoms with Crippen LogP contribution in [0.2, 0.25) is 0 Å². The van der Waals surface area contributed by atoms with Gasteiger partial charge in [-0.05, 0) is 44.5 Å². The number of nitrogens with one attached hydrogen (secondary N) is 2. The van der Waals surface area contributed by atoms with E-state index in [1.165, 1.54) is 12.1 Å². The Hall–Kier alpha value is -2.32. The SMILES string of the molecule is CC(C)(C)NS(=O)(=O)c1ccc(C(=O)NCC2Cc3ccccc3O2)o1. The Morgan fingerprint density at radius 1 is 1.19 bits per heavy atom. The number of para-hydroxylation sites is 1. The van der Waals surface area contributed by atoms with Gasteiger partial charge in [-0.2, -0.15) is 0 Å². The molecule has 8 heteroatoms. The second-order valence-electron chi connectivity index (χ2n) is 7.24. The summed E-state index contributed by atoms with van der Waals surface area (Å²) in [5.74, 6) is 0.281. The van der Waals surface area contributed by atoms with Crippen molar-refractivity contribution in [1.82, 2.24) is 10.0 Å². The average Bonchev–Trinajstić information content (AvgIpc) is 3.17. The number of carbonyl (C=O) groups excluding carboxylic acids is 1. The van der Waals surface area contributed by atoms with Crippen LogP contribution in [0.15, 0.2) is 45.9 Å². The number of carbonyl (C=O) groups is 1. The lowest BCUT2D eigenvalue weighted by atomic mass is 10.1. The Morgan fingerprint density at radius 2 is 1.92 bits per heavy atom. The van der Waals surface area contributed by atoms with Gasteiger partial charge >= 0.3 is 0 Å². The molecule has 2 heterocycles. The van der Waals surface area contributed by atoms with Gasteiger partial charge in [0.25, 0.3) is 15.9 Å². The van der Waals surface area contributed by atoms with Gasteiger partial charge in [0.1, 0.15) is 11.9 Å². The maximum atomic E-state index is 12.2. The summed E-state index contributed by atoms with van der Waals surface area (Å²) in [5, 5.41) is 2.43. The summed E-state index contributed by atoms with van der Waals surface area (Å²) in [7, 11) is -3.82. The van der Waals surface area contributed by atoms with Crippen molar-refractivity contribution in [3.05, 3.63) is 47.7 Å². The zero-order valence-electron chi connectivity index (χ0n) is 14.9. The van der Waals surface area contributed by atoms with Gasteiger partial charge < -0.3 is 14.5 Å². The van der Waals surface area contributed by atoms with Crippen LogP contribution < -0.4 is 14.8 Å². The van der Waals surface area contributed by atoms with Crippen molar-refractivity contribution in [3.8, 4) is 5.75 Å². The van der Waals surface area contributed by atoms with E-state index in [1.807, 2.05) is 24.3 Å². The summed E-state index contributed by atoms with van der Waals surface area (Å²) in [6, 6.07) is 10.3. The maximum absolute atomic E-state index is 12.2. The van der Waals surface area contributed by atoms with Crippen LogP contribution >= 0.6 is 0 Å². The lowest BCUT2D eigenvalue weighted by molar-refractivity contribution is 0.0900. The molecule has 0 saturated heterocycles. The fraction of sp³-hybridized carbons (Fsp3) is 0.389. The van der Waals surface area contributed by atoms with Crippen LogP contribution in [0.25, 0.3) is 0 Å². The summed E-state index contributed by atoms with van der Waals surface area (Å²) in [4.78, 5) is 12.2. The number of benzene rings is 1. The first-order valence-corrected chi connectivity index (χ1v) is 9.79. The Bertz CT molecular complexity index is 887. The van der Waals surface area contributed by atoms with Crippen LogP contribution in [-0.4, -0.2) is 32.5 Å². The molecule has 1 aliphatic rings. The van der Waals surface area contributed by atoms with Gasteiger partial charge in [-0.25, -0.2) is 13.1 Å². The predicted molar refractivity (Wildman–Crippen MR) is 95.7 cm³/mol. The molecule has 140 valence electrons. The average molecular weight is 378 g/mol. The van der Waals surface area contributed by atoms with E-state index in [0.29, 0.717) is 13.0 Å². The number of sulfonamides is 1. The Morgan fingerprint density at radius 3 is 2.62 bits per heavy atom. The largest absolute Gasteiger partial charge is 0.488 e. The Kier molecular flexibility index (Phi) is 4.81. The third-order valence-electron chi connectivity index (χ3n) is 3.71. The molecular formula is C18H22N2O5S. The first kappa shape index (κ1) is 18.5. The Labute approximate surface area is 152 Å². The van der Waals surface area contributed by atoms with Crippen molar-refractivity contribution in [2.45, 2.75) is 43.9 Å². The van der Waals surface area contributed by atoms with E-state index in [9.17, 15) is 13.2 Å². The normalized spacial score (nSPS) is 16.8. The maximum Gasteiger partial charge on any atom is 0.287 e. The summed E-state index contributed by atoms with van der Waals surface area (Å²) in [6.07, 6.45) is 0.557. The minimum absolute atomic E-state index is 0.0604. The molecule has 0 radical (unpaired) electrons. The molecule has 1 aromatic carbocycles. The molecule has 1 aliphatic heterocycles. The standard InChI is InChI=1S/C18H22N2O5S/c1-18(2,3)20-26(22,23)16-9-8-15(25-16)17(21)19-11-13-10-12-6-4-5-7-14(12)24-13/h4-9,13,20H,10-11H2,1-3H3,(H,19,21). The van der Waals surface area contributed by atoms with E-state index in [-0.39, 0.29) is 17.0 Å². The fourth-order valence-corrected chi connectivity index (χ4v) is 4.05. The molecule has 1 atom stereocenters. The summed E-state index contributed by atoms with van der Waals surface area (Å²) < 4.78 is 37.9. The molecule has 1 aromatic heterocycles. The van der Waals surface area contributed by atoms with E-state index in [1.54, 1.807) is 20.8 Å². The highest BCUT2D eigenvalue weighted by molar-refractivity contribution is 7.89. The van der Waals surface area contributed by atoms with E-state index in [2.05, 4.69) is 10.0 Å². The van der Waals surface area contributed by atoms with Crippen LogP contribution in [0.4, 0.5) is 0 Å². The van der Waals surface area contributed by atoms with Crippen LogP contribution in [0.1, 0.15) is 36.9 Å². The van der Waals surface area contributed by atoms with Gasteiger partial charge in [0.15, 0.2) is 5.76 Å². The van der Waals surface area contributed by atoms with Crippen LogP contribution in [-0.2, 0) is 16.4 Å². The van der Waals surface area contributed by atoms with E-state index in [4.69, 9.17) is 9.15 Å². The molecule has 1 amide bonds. The topological polar surface area (TPSA) is 97.6 Å². The lowest BCUT2D eigenvalue weighted by Crippen LogP contribution is -2.40. The molecule has 26 heavy (non-hydrogen) atoms. The second-order valence-corrected chi connectivity index (χ2v) is 8.85. The molecule has 0 bridgehead atoms. The van der Waals surface area contributed by atoms with Crippen molar-refractivity contribution < 1.29 is 22.4 Å². The molecule has 3 rings (SSSR count). The highest BCUT2D eigenvalue weighted by Gasteiger charge is 2.27.